The molecule has 3 heteroatoms. The Morgan fingerprint density at radius 2 is 2.04 bits per heavy atom. The highest BCUT2D eigenvalue weighted by Gasteiger charge is 2.27. The van der Waals surface area contributed by atoms with Crippen LogP contribution in [-0.2, 0) is 12.8 Å². The second-order valence-electron chi connectivity index (χ2n) is 8.16. The van der Waals surface area contributed by atoms with Gasteiger partial charge in [0.25, 0.3) is 0 Å². The third kappa shape index (κ3) is 2.59. The second kappa shape index (κ2) is 6.25. The van der Waals surface area contributed by atoms with E-state index in [9.17, 15) is 10.4 Å². The lowest BCUT2D eigenvalue weighted by molar-refractivity contribution is 0.178. The van der Waals surface area contributed by atoms with Crippen LogP contribution in [0.25, 0.3) is 22.0 Å². The molecule has 3 nitrogen and oxygen atoms in total. The number of hydrogen-bond acceptors (Lipinski definition) is 2. The van der Waals surface area contributed by atoms with E-state index in [1.807, 2.05) is 6.92 Å². The first kappa shape index (κ1) is 16.6. The number of benzene rings is 2. The van der Waals surface area contributed by atoms with Gasteiger partial charge in [-0.2, -0.15) is 5.26 Å². The molecule has 2 atom stereocenters. The summed E-state index contributed by atoms with van der Waals surface area (Å²) in [6, 6.07) is 13.6. The molecule has 1 aromatic heterocycles. The molecule has 2 aromatic carbocycles. The van der Waals surface area contributed by atoms with Crippen LogP contribution in [0.3, 0.4) is 0 Å². The van der Waals surface area contributed by atoms with Crippen LogP contribution in [-0.4, -0.2) is 15.8 Å². The maximum atomic E-state index is 10.1. The first-order valence-corrected chi connectivity index (χ1v) is 10.00. The van der Waals surface area contributed by atoms with Crippen LogP contribution in [0.1, 0.15) is 54.0 Å². The van der Waals surface area contributed by atoms with Gasteiger partial charge >= 0.3 is 0 Å². The normalized spacial score (nSPS) is 21.5. The summed E-state index contributed by atoms with van der Waals surface area (Å²) in [5, 5.41) is 20.8. The van der Waals surface area contributed by atoms with Crippen molar-refractivity contribution >= 4 is 10.9 Å². The fraction of sp³-hybridized carbons (Fsp3) is 0.375. The Morgan fingerprint density at radius 3 is 2.81 bits per heavy atom. The topological polar surface area (TPSA) is 49.0 Å². The molecule has 0 amide bonds. The van der Waals surface area contributed by atoms with Gasteiger partial charge in [-0.05, 0) is 79.8 Å². The van der Waals surface area contributed by atoms with Gasteiger partial charge in [0.2, 0.25) is 0 Å². The van der Waals surface area contributed by atoms with Crippen LogP contribution in [0.15, 0.2) is 36.5 Å². The molecule has 0 aliphatic heterocycles. The van der Waals surface area contributed by atoms with Crippen molar-refractivity contribution in [2.24, 2.45) is 0 Å². The molecule has 1 heterocycles. The maximum absolute atomic E-state index is 10.1. The zero-order valence-corrected chi connectivity index (χ0v) is 15.7. The van der Waals surface area contributed by atoms with Crippen LogP contribution in [0.5, 0.6) is 0 Å². The zero-order valence-electron chi connectivity index (χ0n) is 15.7. The van der Waals surface area contributed by atoms with Crippen molar-refractivity contribution in [3.8, 4) is 17.2 Å². The van der Waals surface area contributed by atoms with Gasteiger partial charge in [-0.25, -0.2) is 0 Å². The number of aromatic nitrogens is 1. The molecule has 0 unspecified atom stereocenters. The number of nitriles is 1. The van der Waals surface area contributed by atoms with Crippen molar-refractivity contribution in [2.75, 3.05) is 0 Å². The molecule has 1 N–H and O–H groups in total. The van der Waals surface area contributed by atoms with E-state index in [1.54, 1.807) is 0 Å². The van der Waals surface area contributed by atoms with Crippen molar-refractivity contribution < 1.29 is 5.11 Å². The molecule has 27 heavy (non-hydrogen) atoms. The minimum Gasteiger partial charge on any atom is -0.393 e. The number of rotatable bonds is 2. The molecule has 0 bridgehead atoms. The van der Waals surface area contributed by atoms with Crippen molar-refractivity contribution in [1.29, 1.82) is 5.26 Å². The highest BCUT2D eigenvalue weighted by Crippen LogP contribution is 2.41. The Kier molecular flexibility index (Phi) is 3.84. The molecule has 1 saturated carbocycles. The van der Waals surface area contributed by atoms with Gasteiger partial charge in [0.1, 0.15) is 0 Å². The van der Waals surface area contributed by atoms with E-state index in [4.69, 9.17) is 0 Å². The van der Waals surface area contributed by atoms with Gasteiger partial charge in [-0.15, -0.1) is 0 Å². The molecule has 2 aliphatic carbocycles. The number of fused-ring (bicyclic) bond motifs is 2. The lowest BCUT2D eigenvalue weighted by Crippen LogP contribution is -2.06. The fourth-order valence-electron chi connectivity index (χ4n) is 5.10. The zero-order chi connectivity index (χ0) is 18.5. The van der Waals surface area contributed by atoms with E-state index in [0.29, 0.717) is 6.04 Å². The Labute approximate surface area is 159 Å². The Hall–Kier alpha value is -2.57. The third-order valence-corrected chi connectivity index (χ3v) is 6.51. The molecular weight excluding hydrogens is 332 g/mol. The van der Waals surface area contributed by atoms with Crippen molar-refractivity contribution in [3.63, 3.8) is 0 Å². The minimum absolute atomic E-state index is 0.198. The number of aliphatic hydroxyl groups is 1. The first-order valence-electron chi connectivity index (χ1n) is 10.00. The highest BCUT2D eigenvalue weighted by atomic mass is 16.3. The Bertz CT molecular complexity index is 1090. The van der Waals surface area contributed by atoms with Gasteiger partial charge in [0, 0.05) is 28.7 Å². The fourth-order valence-corrected chi connectivity index (χ4v) is 5.10. The van der Waals surface area contributed by atoms with E-state index in [1.165, 1.54) is 46.0 Å². The lowest BCUT2D eigenvalue weighted by atomic mass is 9.95. The summed E-state index contributed by atoms with van der Waals surface area (Å²) in [5.41, 5.74) is 8.46. The Balaban J connectivity index is 1.77. The molecule has 136 valence electrons. The number of aryl methyl sites for hydroxylation is 2. The standard InChI is InChI=1S/C24H24N2O/c1-15-10-24-22(11-17(15)13-25)23(14-26(24)18-8-9-19(27)12-18)21-7-3-5-16-4-2-6-20(16)21/h3,5,7,10-11,14,18-19,27H,2,4,6,8-9,12H2,1H3/t18-,19-/m1/s1. The van der Waals surface area contributed by atoms with E-state index in [-0.39, 0.29) is 6.10 Å². The van der Waals surface area contributed by atoms with Crippen LogP contribution in [0.2, 0.25) is 0 Å². The van der Waals surface area contributed by atoms with E-state index in [2.05, 4.69) is 47.2 Å². The van der Waals surface area contributed by atoms with Gasteiger partial charge in [-0.1, -0.05) is 18.2 Å². The molecular formula is C24H24N2O. The van der Waals surface area contributed by atoms with Gasteiger partial charge < -0.3 is 9.67 Å². The highest BCUT2D eigenvalue weighted by molar-refractivity contribution is 5.98. The van der Waals surface area contributed by atoms with E-state index in [0.717, 1.165) is 36.8 Å². The smallest absolute Gasteiger partial charge is 0.0994 e. The van der Waals surface area contributed by atoms with Crippen molar-refractivity contribution in [2.45, 2.75) is 57.6 Å². The molecule has 3 aromatic rings. The monoisotopic (exact) mass is 356 g/mol. The van der Waals surface area contributed by atoms with Crippen molar-refractivity contribution in [1.82, 2.24) is 4.57 Å². The van der Waals surface area contributed by atoms with Gasteiger partial charge in [0.15, 0.2) is 0 Å². The Morgan fingerprint density at radius 1 is 1.15 bits per heavy atom. The second-order valence-corrected chi connectivity index (χ2v) is 8.16. The van der Waals surface area contributed by atoms with Gasteiger partial charge in [-0.3, -0.25) is 0 Å². The first-order chi connectivity index (χ1) is 13.2. The van der Waals surface area contributed by atoms with Crippen molar-refractivity contribution in [3.05, 3.63) is 58.8 Å². The quantitative estimate of drug-likeness (QED) is 0.697. The van der Waals surface area contributed by atoms with Gasteiger partial charge in [0.05, 0.1) is 17.7 Å². The average molecular weight is 356 g/mol. The summed E-state index contributed by atoms with van der Waals surface area (Å²) in [6.45, 7) is 2.01. The lowest BCUT2D eigenvalue weighted by Gasteiger charge is -2.14. The SMILES string of the molecule is Cc1cc2c(cc1C#N)c(-c1cccc3c1CCC3)cn2[C@@H]1CC[C@@H](O)C1. The summed E-state index contributed by atoms with van der Waals surface area (Å²) in [6.07, 6.45) is 8.30. The number of hydrogen-bond donors (Lipinski definition) is 1. The predicted octanol–water partition coefficient (Wildman–Crippen LogP) is 5.06. The summed E-state index contributed by atoms with van der Waals surface area (Å²) < 4.78 is 2.36. The number of aliphatic hydroxyl groups excluding tert-OH is 1. The molecule has 5 rings (SSSR count). The van der Waals surface area contributed by atoms with Crippen LogP contribution >= 0.6 is 0 Å². The number of nitrogens with zero attached hydrogens (tertiary/aromatic N) is 2. The molecule has 0 saturated heterocycles. The molecule has 0 spiro atoms. The van der Waals surface area contributed by atoms with Crippen LogP contribution in [0, 0.1) is 18.3 Å². The predicted molar refractivity (Wildman–Crippen MR) is 108 cm³/mol. The van der Waals surface area contributed by atoms with E-state index >= 15 is 0 Å². The largest absolute Gasteiger partial charge is 0.393 e. The third-order valence-electron chi connectivity index (χ3n) is 6.51. The maximum Gasteiger partial charge on any atom is 0.0994 e. The summed E-state index contributed by atoms with van der Waals surface area (Å²) in [7, 11) is 0. The molecule has 0 radical (unpaired) electrons. The molecule has 2 aliphatic rings. The summed E-state index contributed by atoms with van der Waals surface area (Å²) in [4.78, 5) is 0. The van der Waals surface area contributed by atoms with Crippen LogP contribution < -0.4 is 0 Å². The summed E-state index contributed by atoms with van der Waals surface area (Å²) >= 11 is 0. The van der Waals surface area contributed by atoms with Crippen LogP contribution in [0.4, 0.5) is 0 Å². The minimum atomic E-state index is -0.198. The van der Waals surface area contributed by atoms with E-state index < -0.39 is 0 Å². The summed E-state index contributed by atoms with van der Waals surface area (Å²) in [5.74, 6) is 0. The molecule has 1 fully saturated rings. The average Bonchev–Trinajstić information content (AvgIpc) is 3.38.